The van der Waals surface area contributed by atoms with Crippen LogP contribution in [-0.4, -0.2) is 0 Å². The van der Waals surface area contributed by atoms with Crippen LogP contribution in [0.15, 0.2) is 109 Å². The van der Waals surface area contributed by atoms with Crippen molar-refractivity contribution < 1.29 is 0 Å². The van der Waals surface area contributed by atoms with Gasteiger partial charge >= 0.3 is 0 Å². The largest absolute Gasteiger partial charge is 0.310 e. The summed E-state index contributed by atoms with van der Waals surface area (Å²) >= 11 is 0. The molecule has 1 heteroatoms. The molecule has 0 aliphatic heterocycles. The fourth-order valence-electron chi connectivity index (χ4n) is 5.41. The summed E-state index contributed by atoms with van der Waals surface area (Å²) < 4.78 is 0. The van der Waals surface area contributed by atoms with Crippen LogP contribution in [0.25, 0.3) is 21.9 Å². The fourth-order valence-corrected chi connectivity index (χ4v) is 5.41. The maximum Gasteiger partial charge on any atom is 0.0545 e. The fraction of sp³-hybridized carbons (Fsp3) is 0.125. The Hall–Kier alpha value is -3.84. The summed E-state index contributed by atoms with van der Waals surface area (Å²) in [6.07, 6.45) is 0. The Morgan fingerprint density at radius 3 is 1.73 bits per heavy atom. The molecule has 0 heterocycles. The van der Waals surface area contributed by atoms with Gasteiger partial charge < -0.3 is 4.90 Å². The molecule has 0 spiro atoms. The third-order valence-corrected chi connectivity index (χ3v) is 7.03. The van der Waals surface area contributed by atoms with Gasteiger partial charge in [-0.15, -0.1) is 0 Å². The van der Waals surface area contributed by atoms with Crippen LogP contribution in [0, 0.1) is 6.92 Å². The van der Waals surface area contributed by atoms with E-state index in [2.05, 4.69) is 135 Å². The van der Waals surface area contributed by atoms with Gasteiger partial charge in [0.05, 0.1) is 5.69 Å². The molecule has 1 aliphatic rings. The Morgan fingerprint density at radius 1 is 0.576 bits per heavy atom. The summed E-state index contributed by atoms with van der Waals surface area (Å²) in [5, 5.41) is 2.59. The molecule has 0 unspecified atom stereocenters. The summed E-state index contributed by atoms with van der Waals surface area (Å²) in [4.78, 5) is 2.41. The predicted octanol–water partition coefficient (Wildman–Crippen LogP) is 8.92. The third-order valence-electron chi connectivity index (χ3n) is 7.03. The molecule has 0 saturated heterocycles. The number of anilines is 3. The average Bonchev–Trinajstić information content (AvgIpc) is 3.05. The maximum atomic E-state index is 2.41. The quantitative estimate of drug-likeness (QED) is 0.279. The molecule has 6 rings (SSSR count). The molecular weight excluding hydrogens is 398 g/mol. The predicted molar refractivity (Wildman–Crippen MR) is 141 cm³/mol. The first-order chi connectivity index (χ1) is 16.0. The van der Waals surface area contributed by atoms with Gasteiger partial charge in [0.2, 0.25) is 0 Å². The lowest BCUT2D eigenvalue weighted by Gasteiger charge is -2.29. The topological polar surface area (TPSA) is 3.24 Å². The first kappa shape index (κ1) is 19.8. The number of aryl methyl sites for hydroxylation is 1. The number of benzene rings is 5. The highest BCUT2D eigenvalue weighted by Gasteiger charge is 2.38. The van der Waals surface area contributed by atoms with Crippen molar-refractivity contribution >= 4 is 27.8 Å². The van der Waals surface area contributed by atoms with Gasteiger partial charge in [0, 0.05) is 22.4 Å². The van der Waals surface area contributed by atoms with E-state index in [0.717, 1.165) is 0 Å². The van der Waals surface area contributed by atoms with E-state index in [1.807, 2.05) is 0 Å². The minimum absolute atomic E-state index is 0.0610. The second-order valence-electron chi connectivity index (χ2n) is 9.58. The van der Waals surface area contributed by atoms with Gasteiger partial charge in [0.15, 0.2) is 0 Å². The minimum atomic E-state index is -0.0610. The van der Waals surface area contributed by atoms with Crippen molar-refractivity contribution in [3.8, 4) is 11.1 Å². The summed E-state index contributed by atoms with van der Waals surface area (Å²) in [6.45, 7) is 6.95. The van der Waals surface area contributed by atoms with Crippen LogP contribution >= 0.6 is 0 Å². The maximum absolute atomic E-state index is 2.41. The van der Waals surface area contributed by atoms with Crippen LogP contribution in [0.3, 0.4) is 0 Å². The van der Waals surface area contributed by atoms with E-state index in [9.17, 15) is 0 Å². The van der Waals surface area contributed by atoms with E-state index in [1.54, 1.807) is 0 Å². The molecule has 0 saturated carbocycles. The van der Waals surface area contributed by atoms with E-state index in [1.165, 1.54) is 55.7 Å². The van der Waals surface area contributed by atoms with E-state index in [0.29, 0.717) is 0 Å². The minimum Gasteiger partial charge on any atom is -0.310 e. The molecule has 1 aliphatic carbocycles. The number of fused-ring (bicyclic) bond motifs is 4. The number of para-hydroxylation sites is 2. The molecular formula is C32H27N. The Bertz CT molecular complexity index is 1440. The van der Waals surface area contributed by atoms with Crippen LogP contribution < -0.4 is 4.90 Å². The van der Waals surface area contributed by atoms with Crippen LogP contribution in [0.5, 0.6) is 0 Å². The van der Waals surface area contributed by atoms with Crippen molar-refractivity contribution in [2.75, 3.05) is 4.90 Å². The second kappa shape index (κ2) is 7.35. The van der Waals surface area contributed by atoms with Crippen molar-refractivity contribution in [3.05, 3.63) is 126 Å². The molecule has 33 heavy (non-hydrogen) atoms. The molecule has 0 fully saturated rings. The Morgan fingerprint density at radius 2 is 1.12 bits per heavy atom. The number of nitrogens with zero attached hydrogens (tertiary/aromatic N) is 1. The molecule has 160 valence electrons. The molecule has 0 atom stereocenters. The van der Waals surface area contributed by atoms with Crippen LogP contribution in [-0.2, 0) is 5.41 Å². The van der Waals surface area contributed by atoms with E-state index in [4.69, 9.17) is 0 Å². The summed E-state index contributed by atoms with van der Waals surface area (Å²) in [5.41, 5.74) is 10.3. The zero-order valence-corrected chi connectivity index (χ0v) is 19.3. The highest BCUT2D eigenvalue weighted by atomic mass is 15.1. The zero-order valence-electron chi connectivity index (χ0n) is 19.3. The second-order valence-corrected chi connectivity index (χ2v) is 9.58. The third kappa shape index (κ3) is 3.08. The van der Waals surface area contributed by atoms with Gasteiger partial charge in [-0.1, -0.05) is 80.6 Å². The van der Waals surface area contributed by atoms with E-state index >= 15 is 0 Å². The molecule has 0 radical (unpaired) electrons. The SMILES string of the molecule is Cc1cc(N(c2ccccc2)c2ccccc2)c2c(c1)C(C)(C)c1cc3ccccc3cc1-2. The first-order valence-corrected chi connectivity index (χ1v) is 11.6. The van der Waals surface area contributed by atoms with Gasteiger partial charge in [-0.05, 0) is 82.4 Å². The molecule has 0 N–H and O–H groups in total. The molecule has 0 bridgehead atoms. The highest BCUT2D eigenvalue weighted by Crippen LogP contribution is 2.55. The Kier molecular flexibility index (Phi) is 4.41. The standard InChI is InChI=1S/C32H27N/c1-22-18-29-31(27-20-23-12-10-11-13-24(23)21-28(27)32(29,2)3)30(19-22)33(25-14-6-4-7-15-25)26-16-8-5-9-17-26/h4-21H,1-3H3. The zero-order chi connectivity index (χ0) is 22.6. The van der Waals surface area contributed by atoms with Gasteiger partial charge in [-0.2, -0.15) is 0 Å². The Labute approximate surface area is 195 Å². The van der Waals surface area contributed by atoms with E-state index in [-0.39, 0.29) is 5.41 Å². The molecule has 5 aromatic rings. The summed E-state index contributed by atoms with van der Waals surface area (Å²) in [6, 6.07) is 39.7. The van der Waals surface area contributed by atoms with Crippen LogP contribution in [0.1, 0.15) is 30.5 Å². The van der Waals surface area contributed by atoms with Crippen molar-refractivity contribution in [1.82, 2.24) is 0 Å². The lowest BCUT2D eigenvalue weighted by atomic mass is 9.81. The monoisotopic (exact) mass is 425 g/mol. The molecule has 5 aromatic carbocycles. The van der Waals surface area contributed by atoms with Crippen molar-refractivity contribution in [3.63, 3.8) is 0 Å². The first-order valence-electron chi connectivity index (χ1n) is 11.6. The lowest BCUT2D eigenvalue weighted by Crippen LogP contribution is -2.16. The average molecular weight is 426 g/mol. The van der Waals surface area contributed by atoms with Gasteiger partial charge in [0.1, 0.15) is 0 Å². The summed E-state index contributed by atoms with van der Waals surface area (Å²) in [5.74, 6) is 0. The number of hydrogen-bond donors (Lipinski definition) is 0. The van der Waals surface area contributed by atoms with Crippen molar-refractivity contribution in [2.45, 2.75) is 26.2 Å². The Balaban J connectivity index is 1.70. The van der Waals surface area contributed by atoms with Gasteiger partial charge in [-0.25, -0.2) is 0 Å². The number of rotatable bonds is 3. The molecule has 0 aromatic heterocycles. The van der Waals surface area contributed by atoms with Gasteiger partial charge in [-0.3, -0.25) is 0 Å². The number of hydrogen-bond acceptors (Lipinski definition) is 1. The van der Waals surface area contributed by atoms with Gasteiger partial charge in [0.25, 0.3) is 0 Å². The molecule has 1 nitrogen and oxygen atoms in total. The van der Waals surface area contributed by atoms with Crippen molar-refractivity contribution in [2.24, 2.45) is 0 Å². The molecule has 0 amide bonds. The van der Waals surface area contributed by atoms with Crippen LogP contribution in [0.4, 0.5) is 17.1 Å². The highest BCUT2D eigenvalue weighted by molar-refractivity contribution is 6.00. The summed E-state index contributed by atoms with van der Waals surface area (Å²) in [7, 11) is 0. The van der Waals surface area contributed by atoms with E-state index < -0.39 is 0 Å². The lowest BCUT2D eigenvalue weighted by molar-refractivity contribution is 0.660. The van der Waals surface area contributed by atoms with Crippen molar-refractivity contribution in [1.29, 1.82) is 0 Å². The normalized spacial score (nSPS) is 13.5. The smallest absolute Gasteiger partial charge is 0.0545 e. The van der Waals surface area contributed by atoms with Crippen LogP contribution in [0.2, 0.25) is 0 Å².